The normalized spacial score (nSPS) is 12.8. The number of aryl methyl sites for hydroxylation is 1. The maximum atomic E-state index is 13.2. The van der Waals surface area contributed by atoms with Crippen LogP contribution in [0.5, 0.6) is 0 Å². The number of benzene rings is 1. The van der Waals surface area contributed by atoms with Crippen molar-refractivity contribution in [2.45, 2.75) is 13.0 Å². The summed E-state index contributed by atoms with van der Waals surface area (Å²) in [5.41, 5.74) is 8.48. The fourth-order valence-electron chi connectivity index (χ4n) is 1.68. The quantitative estimate of drug-likeness (QED) is 0.862. The molecule has 90 valence electrons. The first-order valence-corrected chi connectivity index (χ1v) is 6.52. The Kier molecular flexibility index (Phi) is 3.73. The standard InChI is InChI=1S/C12H10Cl2FNS/c1-6-2-3-7(15)4-8(6)11(16)9-5-10(13)17-12(9)14/h2-5,11H,16H2,1H3. The Morgan fingerprint density at radius 3 is 2.53 bits per heavy atom. The van der Waals surface area contributed by atoms with E-state index in [2.05, 4.69) is 0 Å². The third-order valence-electron chi connectivity index (χ3n) is 2.59. The molecule has 0 saturated heterocycles. The monoisotopic (exact) mass is 289 g/mol. The van der Waals surface area contributed by atoms with Crippen LogP contribution in [0.15, 0.2) is 24.3 Å². The highest BCUT2D eigenvalue weighted by Gasteiger charge is 2.17. The second-order valence-corrected chi connectivity index (χ2v) is 6.04. The molecule has 17 heavy (non-hydrogen) atoms. The van der Waals surface area contributed by atoms with Crippen LogP contribution in [0.3, 0.4) is 0 Å². The van der Waals surface area contributed by atoms with E-state index in [9.17, 15) is 4.39 Å². The summed E-state index contributed by atoms with van der Waals surface area (Å²) in [4.78, 5) is 0. The zero-order valence-electron chi connectivity index (χ0n) is 9.01. The summed E-state index contributed by atoms with van der Waals surface area (Å²) in [6, 6.07) is 5.81. The molecule has 1 heterocycles. The van der Waals surface area contributed by atoms with Gasteiger partial charge >= 0.3 is 0 Å². The molecular weight excluding hydrogens is 280 g/mol. The first-order chi connectivity index (χ1) is 7.99. The zero-order chi connectivity index (χ0) is 12.6. The van der Waals surface area contributed by atoms with Crippen LogP contribution in [-0.4, -0.2) is 0 Å². The summed E-state index contributed by atoms with van der Waals surface area (Å²) in [6.07, 6.45) is 0. The Labute approximate surface area is 113 Å². The highest BCUT2D eigenvalue weighted by Crippen LogP contribution is 2.37. The average Bonchev–Trinajstić information content (AvgIpc) is 2.60. The number of hydrogen-bond acceptors (Lipinski definition) is 2. The molecule has 0 spiro atoms. The number of halogens is 3. The van der Waals surface area contributed by atoms with E-state index in [4.69, 9.17) is 28.9 Å². The predicted molar refractivity (Wildman–Crippen MR) is 71.5 cm³/mol. The van der Waals surface area contributed by atoms with Crippen LogP contribution in [0.25, 0.3) is 0 Å². The Balaban J connectivity index is 2.46. The van der Waals surface area contributed by atoms with Crippen LogP contribution in [0, 0.1) is 12.7 Å². The van der Waals surface area contributed by atoms with E-state index in [0.29, 0.717) is 8.67 Å². The third-order valence-corrected chi connectivity index (χ3v) is 4.11. The van der Waals surface area contributed by atoms with E-state index in [-0.39, 0.29) is 5.82 Å². The van der Waals surface area contributed by atoms with Gasteiger partial charge in [-0.2, -0.15) is 0 Å². The molecule has 1 aromatic carbocycles. The molecule has 1 unspecified atom stereocenters. The lowest BCUT2D eigenvalue weighted by Crippen LogP contribution is -2.13. The predicted octanol–water partition coefficient (Wildman–Crippen LogP) is 4.55. The molecule has 2 rings (SSSR count). The van der Waals surface area contributed by atoms with E-state index in [1.54, 1.807) is 12.1 Å². The van der Waals surface area contributed by atoms with Gasteiger partial charge in [-0.15, -0.1) is 11.3 Å². The molecule has 0 bridgehead atoms. The lowest BCUT2D eigenvalue weighted by Gasteiger charge is -2.14. The van der Waals surface area contributed by atoms with Gasteiger partial charge in [0.1, 0.15) is 5.82 Å². The summed E-state index contributed by atoms with van der Waals surface area (Å²) in [6.45, 7) is 1.89. The van der Waals surface area contributed by atoms with Crippen molar-refractivity contribution in [3.8, 4) is 0 Å². The highest BCUT2D eigenvalue weighted by molar-refractivity contribution is 7.20. The summed E-state index contributed by atoms with van der Waals surface area (Å²) >= 11 is 13.2. The summed E-state index contributed by atoms with van der Waals surface area (Å²) in [5.74, 6) is -0.307. The summed E-state index contributed by atoms with van der Waals surface area (Å²) in [5, 5.41) is 0. The van der Waals surface area contributed by atoms with E-state index in [1.807, 2.05) is 6.92 Å². The van der Waals surface area contributed by atoms with Gasteiger partial charge in [0.15, 0.2) is 0 Å². The van der Waals surface area contributed by atoms with Crippen LogP contribution in [-0.2, 0) is 0 Å². The molecule has 5 heteroatoms. The highest BCUT2D eigenvalue weighted by atomic mass is 35.5. The molecule has 1 aromatic heterocycles. The van der Waals surface area contributed by atoms with E-state index < -0.39 is 6.04 Å². The molecule has 1 atom stereocenters. The maximum absolute atomic E-state index is 13.2. The second-order valence-electron chi connectivity index (χ2n) is 3.76. The van der Waals surface area contributed by atoms with Crippen molar-refractivity contribution < 1.29 is 4.39 Å². The third kappa shape index (κ3) is 2.63. The topological polar surface area (TPSA) is 26.0 Å². The van der Waals surface area contributed by atoms with Crippen molar-refractivity contribution in [1.82, 2.24) is 0 Å². The van der Waals surface area contributed by atoms with Gasteiger partial charge in [-0.25, -0.2) is 4.39 Å². The van der Waals surface area contributed by atoms with Crippen molar-refractivity contribution >= 4 is 34.5 Å². The first kappa shape index (κ1) is 12.8. The number of rotatable bonds is 2. The van der Waals surface area contributed by atoms with Crippen LogP contribution in [0.1, 0.15) is 22.7 Å². The van der Waals surface area contributed by atoms with Gasteiger partial charge in [0.25, 0.3) is 0 Å². The molecule has 2 aromatic rings. The van der Waals surface area contributed by atoms with Crippen molar-refractivity contribution in [3.05, 3.63) is 55.4 Å². The van der Waals surface area contributed by atoms with Crippen LogP contribution in [0.4, 0.5) is 4.39 Å². The molecule has 1 nitrogen and oxygen atoms in total. The van der Waals surface area contributed by atoms with Crippen molar-refractivity contribution in [2.75, 3.05) is 0 Å². The molecule has 2 N–H and O–H groups in total. The van der Waals surface area contributed by atoms with Crippen molar-refractivity contribution in [1.29, 1.82) is 0 Å². The Morgan fingerprint density at radius 2 is 1.94 bits per heavy atom. The summed E-state index contributed by atoms with van der Waals surface area (Å²) < 4.78 is 14.3. The van der Waals surface area contributed by atoms with Gasteiger partial charge in [-0.3, -0.25) is 0 Å². The molecule has 0 aliphatic carbocycles. The van der Waals surface area contributed by atoms with E-state index in [0.717, 1.165) is 16.7 Å². The summed E-state index contributed by atoms with van der Waals surface area (Å²) in [7, 11) is 0. The number of nitrogens with two attached hydrogens (primary N) is 1. The van der Waals surface area contributed by atoms with E-state index >= 15 is 0 Å². The average molecular weight is 290 g/mol. The van der Waals surface area contributed by atoms with Crippen molar-refractivity contribution in [3.63, 3.8) is 0 Å². The molecule has 0 aliphatic heterocycles. The van der Waals surface area contributed by atoms with Crippen LogP contribution in [0.2, 0.25) is 8.67 Å². The zero-order valence-corrected chi connectivity index (χ0v) is 11.3. The lowest BCUT2D eigenvalue weighted by molar-refractivity contribution is 0.623. The van der Waals surface area contributed by atoms with Crippen LogP contribution >= 0.6 is 34.5 Å². The fraction of sp³-hybridized carbons (Fsp3) is 0.167. The minimum absolute atomic E-state index is 0.307. The molecule has 0 aliphatic rings. The fourth-order valence-corrected chi connectivity index (χ4v) is 3.23. The second kappa shape index (κ2) is 4.94. The minimum Gasteiger partial charge on any atom is -0.320 e. The van der Waals surface area contributed by atoms with E-state index in [1.165, 1.54) is 23.5 Å². The van der Waals surface area contributed by atoms with Gasteiger partial charge in [0.2, 0.25) is 0 Å². The Morgan fingerprint density at radius 1 is 1.24 bits per heavy atom. The lowest BCUT2D eigenvalue weighted by atomic mass is 9.97. The SMILES string of the molecule is Cc1ccc(F)cc1C(N)c1cc(Cl)sc1Cl. The number of hydrogen-bond donors (Lipinski definition) is 1. The maximum Gasteiger partial charge on any atom is 0.123 e. The van der Waals surface area contributed by atoms with Crippen LogP contribution < -0.4 is 5.73 Å². The van der Waals surface area contributed by atoms with Gasteiger partial charge < -0.3 is 5.73 Å². The Bertz CT molecular complexity index is 553. The number of thiophene rings is 1. The van der Waals surface area contributed by atoms with Gasteiger partial charge in [-0.05, 0) is 36.2 Å². The molecule has 0 fully saturated rings. The van der Waals surface area contributed by atoms with Gasteiger partial charge in [0.05, 0.1) is 14.7 Å². The molecule has 0 saturated carbocycles. The smallest absolute Gasteiger partial charge is 0.123 e. The largest absolute Gasteiger partial charge is 0.320 e. The Hall–Kier alpha value is -0.610. The van der Waals surface area contributed by atoms with Gasteiger partial charge in [0, 0.05) is 5.56 Å². The van der Waals surface area contributed by atoms with Crippen molar-refractivity contribution in [2.24, 2.45) is 5.73 Å². The molecule has 0 amide bonds. The molecule has 0 radical (unpaired) electrons. The first-order valence-electron chi connectivity index (χ1n) is 4.95. The minimum atomic E-state index is -0.457. The molecular formula is C12H10Cl2FNS. The van der Waals surface area contributed by atoms with Gasteiger partial charge in [-0.1, -0.05) is 29.3 Å².